The van der Waals surface area contributed by atoms with Gasteiger partial charge in [-0.3, -0.25) is 9.69 Å². The van der Waals surface area contributed by atoms with Gasteiger partial charge in [0, 0.05) is 17.5 Å². The van der Waals surface area contributed by atoms with Crippen molar-refractivity contribution in [2.24, 2.45) is 5.92 Å². The SMILES string of the molecule is CCC(C)C(C)N(C)CC(=O)OCCSCCO[N+](=O)[O-]. The molecule has 0 aromatic heterocycles. The average molecular weight is 322 g/mol. The fraction of sp³-hybridized carbons (Fsp3) is 0.923. The molecule has 0 saturated heterocycles. The van der Waals surface area contributed by atoms with Gasteiger partial charge in [0.2, 0.25) is 0 Å². The van der Waals surface area contributed by atoms with E-state index < -0.39 is 5.09 Å². The highest BCUT2D eigenvalue weighted by Crippen LogP contribution is 2.12. The van der Waals surface area contributed by atoms with E-state index in [1.165, 1.54) is 11.8 Å². The third kappa shape index (κ3) is 10.4. The Balaban J connectivity index is 3.64. The lowest BCUT2D eigenvalue weighted by Gasteiger charge is -2.28. The van der Waals surface area contributed by atoms with E-state index in [-0.39, 0.29) is 19.1 Å². The Morgan fingerprint density at radius 3 is 2.52 bits per heavy atom. The van der Waals surface area contributed by atoms with E-state index in [4.69, 9.17) is 4.74 Å². The predicted octanol–water partition coefficient (Wildman–Crippen LogP) is 1.84. The van der Waals surface area contributed by atoms with Crippen molar-refractivity contribution in [3.05, 3.63) is 10.1 Å². The van der Waals surface area contributed by atoms with Crippen molar-refractivity contribution < 1.29 is 19.5 Å². The third-order valence-corrected chi connectivity index (χ3v) is 4.37. The van der Waals surface area contributed by atoms with Gasteiger partial charge in [0.15, 0.2) is 0 Å². The van der Waals surface area contributed by atoms with Gasteiger partial charge >= 0.3 is 5.97 Å². The molecule has 0 radical (unpaired) electrons. The standard InChI is InChI=1S/C13H26N2O5S/c1-5-11(2)12(3)14(4)10-13(16)19-6-8-21-9-7-20-15(17)18/h11-12H,5-10H2,1-4H3. The zero-order chi connectivity index (χ0) is 16.3. The number of hydrogen-bond donors (Lipinski definition) is 0. The maximum absolute atomic E-state index is 11.7. The average Bonchev–Trinajstić information content (AvgIpc) is 2.44. The second-order valence-electron chi connectivity index (χ2n) is 4.93. The molecule has 0 N–H and O–H groups in total. The van der Waals surface area contributed by atoms with Crippen LogP contribution in [0.15, 0.2) is 0 Å². The molecular weight excluding hydrogens is 296 g/mol. The van der Waals surface area contributed by atoms with Gasteiger partial charge < -0.3 is 9.57 Å². The summed E-state index contributed by atoms with van der Waals surface area (Å²) in [6, 6.07) is 0.330. The lowest BCUT2D eigenvalue weighted by molar-refractivity contribution is -0.756. The first kappa shape index (κ1) is 20.0. The van der Waals surface area contributed by atoms with Crippen LogP contribution in [0.25, 0.3) is 0 Å². The summed E-state index contributed by atoms with van der Waals surface area (Å²) >= 11 is 1.45. The highest BCUT2D eigenvalue weighted by Gasteiger charge is 2.18. The molecule has 0 spiro atoms. The summed E-state index contributed by atoms with van der Waals surface area (Å²) in [5, 5.41) is 9.09. The number of hydrogen-bond acceptors (Lipinski definition) is 7. The Morgan fingerprint density at radius 1 is 1.33 bits per heavy atom. The quantitative estimate of drug-likeness (QED) is 0.235. The summed E-state index contributed by atoms with van der Waals surface area (Å²) < 4.78 is 5.13. The molecule has 0 aliphatic heterocycles. The minimum Gasteiger partial charge on any atom is -0.464 e. The van der Waals surface area contributed by atoms with Crippen LogP contribution in [-0.4, -0.2) is 60.3 Å². The van der Waals surface area contributed by atoms with Crippen molar-refractivity contribution in [2.45, 2.75) is 33.2 Å². The molecule has 0 aromatic rings. The first-order valence-corrected chi connectivity index (χ1v) is 8.24. The van der Waals surface area contributed by atoms with Crippen molar-refractivity contribution >= 4 is 17.7 Å². The summed E-state index contributed by atoms with van der Waals surface area (Å²) in [6.07, 6.45) is 1.07. The van der Waals surface area contributed by atoms with E-state index in [0.29, 0.717) is 30.1 Å². The van der Waals surface area contributed by atoms with E-state index in [0.717, 1.165) is 6.42 Å². The van der Waals surface area contributed by atoms with Crippen LogP contribution < -0.4 is 0 Å². The number of ether oxygens (including phenoxy) is 1. The molecule has 0 aliphatic rings. The molecule has 0 aliphatic carbocycles. The molecule has 0 amide bonds. The first-order valence-electron chi connectivity index (χ1n) is 7.09. The molecule has 124 valence electrons. The number of carbonyl (C=O) groups is 1. The van der Waals surface area contributed by atoms with Crippen LogP contribution in [0.4, 0.5) is 0 Å². The zero-order valence-corrected chi connectivity index (χ0v) is 14.1. The smallest absolute Gasteiger partial charge is 0.320 e. The van der Waals surface area contributed by atoms with Crippen LogP contribution in [0.3, 0.4) is 0 Å². The Kier molecular flexibility index (Phi) is 11.1. The monoisotopic (exact) mass is 322 g/mol. The Bertz CT molecular complexity index is 317. The molecule has 2 atom stereocenters. The largest absolute Gasteiger partial charge is 0.464 e. The molecule has 0 saturated carbocycles. The van der Waals surface area contributed by atoms with Crippen LogP contribution in [-0.2, 0) is 14.4 Å². The third-order valence-electron chi connectivity index (χ3n) is 3.46. The van der Waals surface area contributed by atoms with Gasteiger partial charge in [-0.1, -0.05) is 20.3 Å². The maximum atomic E-state index is 11.7. The number of rotatable bonds is 12. The van der Waals surface area contributed by atoms with Crippen LogP contribution in [0, 0.1) is 16.0 Å². The highest BCUT2D eigenvalue weighted by molar-refractivity contribution is 7.99. The molecule has 21 heavy (non-hydrogen) atoms. The number of esters is 1. The van der Waals surface area contributed by atoms with Crippen LogP contribution >= 0.6 is 11.8 Å². The second kappa shape index (κ2) is 11.6. The van der Waals surface area contributed by atoms with Gasteiger partial charge in [0.1, 0.15) is 13.2 Å². The van der Waals surface area contributed by atoms with Crippen molar-refractivity contribution in [1.29, 1.82) is 0 Å². The Labute approximate surface area is 130 Å². The van der Waals surface area contributed by atoms with Gasteiger partial charge in [0.05, 0.1) is 6.54 Å². The van der Waals surface area contributed by atoms with Gasteiger partial charge in [-0.15, -0.1) is 10.1 Å². The molecule has 8 heteroatoms. The van der Waals surface area contributed by atoms with Crippen LogP contribution in [0.2, 0.25) is 0 Å². The fourth-order valence-corrected chi connectivity index (χ4v) is 2.25. The minimum absolute atomic E-state index is 0.0563. The Morgan fingerprint density at radius 2 is 1.95 bits per heavy atom. The van der Waals surface area contributed by atoms with E-state index >= 15 is 0 Å². The number of carbonyl (C=O) groups excluding carboxylic acids is 1. The van der Waals surface area contributed by atoms with E-state index in [1.54, 1.807) is 0 Å². The van der Waals surface area contributed by atoms with Crippen molar-refractivity contribution in [2.75, 3.05) is 38.3 Å². The fourth-order valence-electron chi connectivity index (χ4n) is 1.66. The summed E-state index contributed by atoms with van der Waals surface area (Å²) in [4.78, 5) is 27.7. The summed E-state index contributed by atoms with van der Waals surface area (Å²) in [7, 11) is 1.92. The molecule has 0 aromatic carbocycles. The minimum atomic E-state index is -0.811. The summed E-state index contributed by atoms with van der Waals surface area (Å²) in [5.41, 5.74) is 0. The Hall–Kier alpha value is -1.02. The van der Waals surface area contributed by atoms with Crippen LogP contribution in [0.5, 0.6) is 0 Å². The number of likely N-dealkylation sites (N-methyl/N-ethyl adjacent to an activating group) is 1. The van der Waals surface area contributed by atoms with Gasteiger partial charge in [-0.2, -0.15) is 11.8 Å². The normalized spacial score (nSPS) is 13.8. The molecule has 7 nitrogen and oxygen atoms in total. The maximum Gasteiger partial charge on any atom is 0.320 e. The van der Waals surface area contributed by atoms with E-state index in [9.17, 15) is 14.9 Å². The zero-order valence-electron chi connectivity index (χ0n) is 13.2. The van der Waals surface area contributed by atoms with Crippen molar-refractivity contribution in [3.63, 3.8) is 0 Å². The predicted molar refractivity (Wildman–Crippen MR) is 82.8 cm³/mol. The van der Waals surface area contributed by atoms with Crippen molar-refractivity contribution in [3.8, 4) is 0 Å². The lowest BCUT2D eigenvalue weighted by Crippen LogP contribution is -2.38. The first-order chi connectivity index (χ1) is 9.88. The van der Waals surface area contributed by atoms with Gasteiger partial charge in [-0.25, -0.2) is 0 Å². The van der Waals surface area contributed by atoms with E-state index in [2.05, 4.69) is 25.6 Å². The summed E-state index contributed by atoms with van der Waals surface area (Å²) in [5.74, 6) is 1.40. The molecular formula is C13H26N2O5S. The topological polar surface area (TPSA) is 81.9 Å². The molecule has 0 heterocycles. The number of nitrogens with zero attached hydrogens (tertiary/aromatic N) is 2. The number of thioether (sulfide) groups is 1. The molecule has 2 unspecified atom stereocenters. The van der Waals surface area contributed by atoms with E-state index in [1.807, 2.05) is 11.9 Å². The second-order valence-corrected chi connectivity index (χ2v) is 6.16. The van der Waals surface area contributed by atoms with Crippen molar-refractivity contribution in [1.82, 2.24) is 4.90 Å². The van der Waals surface area contributed by atoms with Crippen LogP contribution in [0.1, 0.15) is 27.2 Å². The van der Waals surface area contributed by atoms with Gasteiger partial charge in [0.25, 0.3) is 5.09 Å². The van der Waals surface area contributed by atoms with Gasteiger partial charge in [-0.05, 0) is 19.9 Å². The summed E-state index contributed by atoms with van der Waals surface area (Å²) in [6.45, 7) is 7.05. The molecule has 0 fully saturated rings. The molecule has 0 bridgehead atoms. The highest BCUT2D eigenvalue weighted by atomic mass is 32.2. The molecule has 0 rings (SSSR count). The lowest BCUT2D eigenvalue weighted by atomic mass is 10.00.